The summed E-state index contributed by atoms with van der Waals surface area (Å²) >= 11 is 0. The van der Waals surface area contributed by atoms with Crippen LogP contribution in [0.25, 0.3) is 0 Å². The van der Waals surface area contributed by atoms with Gasteiger partial charge in [0.2, 0.25) is 0 Å². The third kappa shape index (κ3) is 3.65. The van der Waals surface area contributed by atoms with Crippen molar-refractivity contribution >= 4 is 5.97 Å². The Bertz CT molecular complexity index is 855. The van der Waals surface area contributed by atoms with E-state index in [0.717, 1.165) is 24.3 Å². The van der Waals surface area contributed by atoms with Crippen molar-refractivity contribution in [3.63, 3.8) is 0 Å². The molecule has 0 saturated heterocycles. The molecular formula is C31H51NO2. The molecule has 34 heavy (non-hydrogen) atoms. The number of rotatable bonds is 6. The van der Waals surface area contributed by atoms with Crippen molar-refractivity contribution in [2.45, 2.75) is 131 Å². The van der Waals surface area contributed by atoms with Gasteiger partial charge in [0.1, 0.15) is 6.10 Å². The standard InChI is InChI=1S/C31H51NO2/c1-20(15-19-32-22-8-9-22)23-12-17-31(7)25-10-11-26-28(3,4)27(34-21(2)33)14-16-29(26,5)24(25)13-18-30(23,31)6/h20,22-23,26-27,32H,8-19H2,1-7H3/t20-,23-,26+,27+,29-,30-,31+/m1/s1. The van der Waals surface area contributed by atoms with Crippen molar-refractivity contribution in [2.75, 3.05) is 6.54 Å². The molecule has 5 aliphatic rings. The van der Waals surface area contributed by atoms with Crippen LogP contribution in [-0.4, -0.2) is 24.7 Å². The summed E-state index contributed by atoms with van der Waals surface area (Å²) in [4.78, 5) is 11.8. The van der Waals surface area contributed by atoms with Crippen LogP contribution < -0.4 is 5.32 Å². The molecule has 0 unspecified atom stereocenters. The minimum Gasteiger partial charge on any atom is -0.462 e. The Morgan fingerprint density at radius 1 is 0.971 bits per heavy atom. The van der Waals surface area contributed by atoms with Gasteiger partial charge >= 0.3 is 5.97 Å². The van der Waals surface area contributed by atoms with Gasteiger partial charge in [0.15, 0.2) is 0 Å². The first-order valence-corrected chi connectivity index (χ1v) is 14.6. The van der Waals surface area contributed by atoms with Crippen LogP contribution >= 0.6 is 0 Å². The number of fused-ring (bicyclic) bond motifs is 4. The predicted octanol–water partition coefficient (Wildman–Crippen LogP) is 7.45. The van der Waals surface area contributed by atoms with Crippen LogP contribution in [0.4, 0.5) is 0 Å². The van der Waals surface area contributed by atoms with Crippen molar-refractivity contribution < 1.29 is 9.53 Å². The van der Waals surface area contributed by atoms with E-state index in [1.54, 1.807) is 6.92 Å². The molecule has 0 heterocycles. The van der Waals surface area contributed by atoms with E-state index in [1.807, 2.05) is 11.1 Å². The molecule has 1 N–H and O–H groups in total. The highest BCUT2D eigenvalue weighted by Gasteiger charge is 2.63. The van der Waals surface area contributed by atoms with E-state index < -0.39 is 0 Å². The number of carbonyl (C=O) groups excluding carboxylic acids is 1. The SMILES string of the molecule is CC(=O)O[C@H]1CC[C@]2(C)C3=C(CC[C@H]2C1(C)C)[C@]1(C)CC[C@H]([C@H](C)CCNC2CC2)[C@@]1(C)CC3. The van der Waals surface area contributed by atoms with Crippen molar-refractivity contribution in [1.29, 1.82) is 0 Å². The van der Waals surface area contributed by atoms with Gasteiger partial charge in [0.05, 0.1) is 0 Å². The van der Waals surface area contributed by atoms with Crippen molar-refractivity contribution in [3.05, 3.63) is 11.1 Å². The molecule has 0 aromatic carbocycles. The van der Waals surface area contributed by atoms with Crippen molar-refractivity contribution in [2.24, 2.45) is 39.4 Å². The molecule has 7 atom stereocenters. The molecule has 0 amide bonds. The molecular weight excluding hydrogens is 418 g/mol. The van der Waals surface area contributed by atoms with Crippen LogP contribution in [0.15, 0.2) is 11.1 Å². The lowest BCUT2D eigenvalue weighted by atomic mass is 9.43. The van der Waals surface area contributed by atoms with Gasteiger partial charge in [-0.1, -0.05) is 52.7 Å². The van der Waals surface area contributed by atoms with Gasteiger partial charge in [-0.2, -0.15) is 0 Å². The lowest BCUT2D eigenvalue weighted by molar-refractivity contribution is -0.167. The number of ether oxygens (including phenoxy) is 1. The van der Waals surface area contributed by atoms with Gasteiger partial charge in [0.25, 0.3) is 0 Å². The van der Waals surface area contributed by atoms with Gasteiger partial charge in [-0.3, -0.25) is 4.79 Å². The smallest absolute Gasteiger partial charge is 0.302 e. The fourth-order valence-electron chi connectivity index (χ4n) is 10.0. The maximum Gasteiger partial charge on any atom is 0.302 e. The van der Waals surface area contributed by atoms with E-state index in [1.165, 1.54) is 70.8 Å². The minimum atomic E-state index is -0.114. The van der Waals surface area contributed by atoms with E-state index in [9.17, 15) is 4.79 Å². The molecule has 0 aromatic heterocycles. The minimum absolute atomic E-state index is 0.0418. The first kappa shape index (κ1) is 24.8. The number of allylic oxidation sites excluding steroid dienone is 2. The topological polar surface area (TPSA) is 38.3 Å². The zero-order valence-corrected chi connectivity index (χ0v) is 23.2. The first-order chi connectivity index (χ1) is 15.9. The number of hydrogen-bond donors (Lipinski definition) is 1. The van der Waals surface area contributed by atoms with E-state index in [2.05, 4.69) is 46.9 Å². The molecule has 5 aliphatic carbocycles. The summed E-state index contributed by atoms with van der Waals surface area (Å²) in [6.45, 7) is 18.0. The maximum atomic E-state index is 11.8. The van der Waals surface area contributed by atoms with Crippen LogP contribution in [0.1, 0.15) is 119 Å². The van der Waals surface area contributed by atoms with Crippen molar-refractivity contribution in [1.82, 2.24) is 5.32 Å². The normalized spacial score (nSPS) is 44.1. The Kier molecular flexibility index (Phi) is 6.10. The Labute approximate surface area is 209 Å². The summed E-state index contributed by atoms with van der Waals surface area (Å²) in [5.41, 5.74) is 4.83. The summed E-state index contributed by atoms with van der Waals surface area (Å²) in [5.74, 6) is 2.16. The molecule has 0 bridgehead atoms. The van der Waals surface area contributed by atoms with Gasteiger partial charge in [0, 0.05) is 18.4 Å². The van der Waals surface area contributed by atoms with E-state index in [4.69, 9.17) is 4.74 Å². The molecule has 3 saturated carbocycles. The van der Waals surface area contributed by atoms with Gasteiger partial charge < -0.3 is 10.1 Å². The second-order valence-corrected chi connectivity index (χ2v) is 14.3. The Morgan fingerprint density at radius 2 is 1.71 bits per heavy atom. The quantitative estimate of drug-likeness (QED) is 0.324. The average Bonchev–Trinajstić information content (AvgIpc) is 3.53. The highest BCUT2D eigenvalue weighted by molar-refractivity contribution is 5.66. The number of esters is 1. The Balaban J connectivity index is 1.40. The molecule has 0 spiro atoms. The Morgan fingerprint density at radius 3 is 2.38 bits per heavy atom. The summed E-state index contributed by atoms with van der Waals surface area (Å²) in [5, 5.41) is 3.77. The third-order valence-corrected chi connectivity index (χ3v) is 12.4. The van der Waals surface area contributed by atoms with Crippen LogP contribution in [0.3, 0.4) is 0 Å². The van der Waals surface area contributed by atoms with Crippen LogP contribution in [-0.2, 0) is 9.53 Å². The maximum absolute atomic E-state index is 11.8. The highest BCUT2D eigenvalue weighted by Crippen LogP contribution is 2.72. The first-order valence-electron chi connectivity index (χ1n) is 14.6. The van der Waals surface area contributed by atoms with Gasteiger partial charge in [-0.05, 0) is 111 Å². The van der Waals surface area contributed by atoms with Crippen LogP contribution in [0.5, 0.6) is 0 Å². The van der Waals surface area contributed by atoms with Gasteiger partial charge in [-0.25, -0.2) is 0 Å². The average molecular weight is 470 g/mol. The molecule has 3 heteroatoms. The second kappa shape index (κ2) is 8.35. The summed E-state index contributed by atoms with van der Waals surface area (Å²) in [7, 11) is 0. The largest absolute Gasteiger partial charge is 0.462 e. The molecule has 5 rings (SSSR count). The van der Waals surface area contributed by atoms with Crippen molar-refractivity contribution in [3.8, 4) is 0 Å². The lowest BCUT2D eigenvalue weighted by Gasteiger charge is -2.62. The second-order valence-electron chi connectivity index (χ2n) is 14.3. The fraction of sp³-hybridized carbons (Fsp3) is 0.903. The highest BCUT2D eigenvalue weighted by atomic mass is 16.5. The fourth-order valence-corrected chi connectivity index (χ4v) is 10.0. The summed E-state index contributed by atoms with van der Waals surface area (Å²) in [6, 6.07) is 0.829. The molecule has 0 radical (unpaired) electrons. The lowest BCUT2D eigenvalue weighted by Crippen LogP contribution is -2.55. The predicted molar refractivity (Wildman–Crippen MR) is 139 cm³/mol. The molecule has 0 aromatic rings. The Hall–Kier alpha value is -0.830. The molecule has 192 valence electrons. The monoisotopic (exact) mass is 469 g/mol. The molecule has 3 nitrogen and oxygen atoms in total. The van der Waals surface area contributed by atoms with E-state index in [-0.39, 0.29) is 22.9 Å². The molecule has 0 aliphatic heterocycles. The van der Waals surface area contributed by atoms with E-state index in [0.29, 0.717) is 16.7 Å². The number of hydrogen-bond acceptors (Lipinski definition) is 3. The zero-order valence-electron chi connectivity index (χ0n) is 23.2. The van der Waals surface area contributed by atoms with Crippen LogP contribution in [0.2, 0.25) is 0 Å². The number of carbonyl (C=O) groups is 1. The zero-order chi connectivity index (χ0) is 24.5. The van der Waals surface area contributed by atoms with Gasteiger partial charge in [-0.15, -0.1) is 0 Å². The number of nitrogens with one attached hydrogen (secondary N) is 1. The van der Waals surface area contributed by atoms with E-state index >= 15 is 0 Å². The summed E-state index contributed by atoms with van der Waals surface area (Å²) in [6.07, 6.45) is 14.4. The molecule has 3 fully saturated rings. The third-order valence-electron chi connectivity index (χ3n) is 12.4. The summed E-state index contributed by atoms with van der Waals surface area (Å²) < 4.78 is 5.87. The van der Waals surface area contributed by atoms with Crippen LogP contribution in [0, 0.1) is 39.4 Å².